The zero-order chi connectivity index (χ0) is 11.7. The molecule has 1 aromatic rings. The number of hydrogen-bond acceptors (Lipinski definition) is 2. The lowest BCUT2D eigenvalue weighted by Crippen LogP contribution is -2.34. The highest BCUT2D eigenvalue weighted by Crippen LogP contribution is 2.56. The SMILES string of the molecule is CC1(C)C(=O)c2cc(Cl)c(Cl)cc2C2OC21. The van der Waals surface area contributed by atoms with Crippen LogP contribution in [0.3, 0.4) is 0 Å². The Hall–Kier alpha value is -0.570. The van der Waals surface area contributed by atoms with E-state index in [4.69, 9.17) is 27.9 Å². The Labute approximate surface area is 103 Å². The molecule has 0 saturated carbocycles. The van der Waals surface area contributed by atoms with E-state index in [1.807, 2.05) is 13.8 Å². The topological polar surface area (TPSA) is 29.6 Å². The van der Waals surface area contributed by atoms with Crippen LogP contribution in [0.25, 0.3) is 0 Å². The highest BCUT2D eigenvalue weighted by atomic mass is 35.5. The monoisotopic (exact) mass is 256 g/mol. The summed E-state index contributed by atoms with van der Waals surface area (Å²) < 4.78 is 5.56. The van der Waals surface area contributed by atoms with Gasteiger partial charge in [0.25, 0.3) is 0 Å². The number of benzene rings is 1. The Bertz CT molecular complexity index is 508. The van der Waals surface area contributed by atoms with Crippen molar-refractivity contribution < 1.29 is 9.53 Å². The van der Waals surface area contributed by atoms with Gasteiger partial charge in [-0.3, -0.25) is 4.79 Å². The maximum Gasteiger partial charge on any atom is 0.171 e. The van der Waals surface area contributed by atoms with E-state index in [1.165, 1.54) is 0 Å². The summed E-state index contributed by atoms with van der Waals surface area (Å²) >= 11 is 11.9. The normalized spacial score (nSPS) is 29.6. The molecule has 0 radical (unpaired) electrons. The zero-order valence-electron chi connectivity index (χ0n) is 8.88. The molecule has 1 saturated heterocycles. The van der Waals surface area contributed by atoms with Gasteiger partial charge in [0.1, 0.15) is 12.2 Å². The molecule has 4 heteroatoms. The van der Waals surface area contributed by atoms with Crippen molar-refractivity contribution in [2.45, 2.75) is 26.1 Å². The number of Topliss-reactive ketones (excluding diaryl/α,β-unsaturated/α-hetero) is 1. The molecular weight excluding hydrogens is 247 g/mol. The zero-order valence-corrected chi connectivity index (χ0v) is 10.4. The van der Waals surface area contributed by atoms with Gasteiger partial charge in [0, 0.05) is 5.56 Å². The Morgan fingerprint density at radius 3 is 2.56 bits per heavy atom. The first kappa shape index (κ1) is 10.6. The smallest absolute Gasteiger partial charge is 0.171 e. The number of carbonyl (C=O) groups excluding carboxylic acids is 1. The molecule has 0 bridgehead atoms. The van der Waals surface area contributed by atoms with Crippen LogP contribution < -0.4 is 0 Å². The second-order valence-corrected chi connectivity index (χ2v) is 5.70. The number of ketones is 1. The van der Waals surface area contributed by atoms with Gasteiger partial charge in [-0.05, 0) is 31.5 Å². The summed E-state index contributed by atoms with van der Waals surface area (Å²) in [5.41, 5.74) is 1.07. The summed E-state index contributed by atoms with van der Waals surface area (Å²) in [6.45, 7) is 3.82. The molecule has 1 aromatic carbocycles. The number of fused-ring (bicyclic) bond motifs is 3. The lowest BCUT2D eigenvalue weighted by Gasteiger charge is -2.26. The van der Waals surface area contributed by atoms with Gasteiger partial charge >= 0.3 is 0 Å². The minimum absolute atomic E-state index is 0.00950. The van der Waals surface area contributed by atoms with E-state index in [2.05, 4.69) is 0 Å². The lowest BCUT2D eigenvalue weighted by molar-refractivity contribution is 0.0792. The summed E-state index contributed by atoms with van der Waals surface area (Å²) in [7, 11) is 0. The van der Waals surface area contributed by atoms with E-state index in [1.54, 1.807) is 12.1 Å². The molecule has 2 unspecified atom stereocenters. The highest BCUT2D eigenvalue weighted by Gasteiger charge is 2.59. The van der Waals surface area contributed by atoms with Gasteiger partial charge in [-0.25, -0.2) is 0 Å². The van der Waals surface area contributed by atoms with Gasteiger partial charge in [-0.2, -0.15) is 0 Å². The van der Waals surface area contributed by atoms with Gasteiger partial charge in [0.2, 0.25) is 0 Å². The van der Waals surface area contributed by atoms with Crippen molar-refractivity contribution in [3.05, 3.63) is 33.3 Å². The standard InChI is InChI=1S/C12H10Cl2O2/c1-12(2)10(15)6-4-8(14)7(13)3-5(6)9-11(12)16-9/h3-4,9,11H,1-2H3. The van der Waals surface area contributed by atoms with Crippen LogP contribution in [-0.2, 0) is 4.74 Å². The van der Waals surface area contributed by atoms with Crippen LogP contribution in [0.5, 0.6) is 0 Å². The Morgan fingerprint density at radius 2 is 1.88 bits per heavy atom. The maximum absolute atomic E-state index is 12.3. The van der Waals surface area contributed by atoms with Crippen LogP contribution in [0.1, 0.15) is 35.9 Å². The van der Waals surface area contributed by atoms with E-state index in [9.17, 15) is 4.79 Å². The van der Waals surface area contributed by atoms with Crippen LogP contribution in [0.15, 0.2) is 12.1 Å². The van der Waals surface area contributed by atoms with Crippen molar-refractivity contribution in [2.75, 3.05) is 0 Å². The largest absolute Gasteiger partial charge is 0.363 e. The van der Waals surface area contributed by atoms with E-state index < -0.39 is 5.41 Å². The van der Waals surface area contributed by atoms with E-state index in [-0.39, 0.29) is 18.0 Å². The average Bonchev–Trinajstić information content (AvgIpc) is 2.99. The van der Waals surface area contributed by atoms with Crippen molar-refractivity contribution >= 4 is 29.0 Å². The number of carbonyl (C=O) groups is 1. The fourth-order valence-corrected chi connectivity index (χ4v) is 2.70. The van der Waals surface area contributed by atoms with Crippen molar-refractivity contribution in [3.63, 3.8) is 0 Å². The molecule has 1 heterocycles. The molecule has 1 aliphatic carbocycles. The molecule has 2 nitrogen and oxygen atoms in total. The summed E-state index contributed by atoms with van der Waals surface area (Å²) in [4.78, 5) is 12.3. The second-order valence-electron chi connectivity index (χ2n) is 4.88. The minimum atomic E-state index is -0.463. The van der Waals surface area contributed by atoms with E-state index >= 15 is 0 Å². The third-order valence-corrected chi connectivity index (χ3v) is 4.15. The first-order valence-electron chi connectivity index (χ1n) is 5.12. The molecule has 1 fully saturated rings. The summed E-state index contributed by atoms with van der Waals surface area (Å²) in [6.07, 6.45) is 0.00205. The summed E-state index contributed by atoms with van der Waals surface area (Å²) in [5, 5.41) is 0.894. The molecule has 0 aromatic heterocycles. The van der Waals surface area contributed by atoms with Crippen molar-refractivity contribution in [3.8, 4) is 0 Å². The highest BCUT2D eigenvalue weighted by molar-refractivity contribution is 6.42. The predicted octanol–water partition coefficient (Wildman–Crippen LogP) is 3.66. The van der Waals surface area contributed by atoms with Gasteiger partial charge in [-0.1, -0.05) is 23.2 Å². The van der Waals surface area contributed by atoms with Crippen LogP contribution in [0.4, 0.5) is 0 Å². The van der Waals surface area contributed by atoms with Crippen LogP contribution in [0.2, 0.25) is 10.0 Å². The maximum atomic E-state index is 12.3. The number of rotatable bonds is 0. The fourth-order valence-electron chi connectivity index (χ4n) is 2.37. The summed E-state index contributed by atoms with van der Waals surface area (Å²) in [5.74, 6) is 0.0832. The third-order valence-electron chi connectivity index (χ3n) is 3.43. The fraction of sp³-hybridized carbons (Fsp3) is 0.417. The molecule has 0 N–H and O–H groups in total. The Balaban J connectivity index is 2.23. The molecule has 84 valence electrons. The third kappa shape index (κ3) is 1.21. The first-order chi connectivity index (χ1) is 7.43. The molecule has 2 atom stereocenters. The van der Waals surface area contributed by atoms with Crippen LogP contribution >= 0.6 is 23.2 Å². The van der Waals surface area contributed by atoms with Gasteiger partial charge in [-0.15, -0.1) is 0 Å². The van der Waals surface area contributed by atoms with Gasteiger partial charge < -0.3 is 4.74 Å². The van der Waals surface area contributed by atoms with Crippen LogP contribution in [0, 0.1) is 5.41 Å². The molecule has 1 aliphatic heterocycles. The van der Waals surface area contributed by atoms with Crippen LogP contribution in [-0.4, -0.2) is 11.9 Å². The van der Waals surface area contributed by atoms with Gasteiger partial charge in [0.05, 0.1) is 15.5 Å². The molecule has 2 aliphatic rings. The lowest BCUT2D eigenvalue weighted by atomic mass is 9.73. The summed E-state index contributed by atoms with van der Waals surface area (Å²) in [6, 6.07) is 3.40. The Kier molecular flexibility index (Phi) is 1.99. The molecule has 0 spiro atoms. The average molecular weight is 257 g/mol. The molecular formula is C12H10Cl2O2. The van der Waals surface area contributed by atoms with Crippen molar-refractivity contribution in [2.24, 2.45) is 5.41 Å². The van der Waals surface area contributed by atoms with Crippen molar-refractivity contribution in [1.82, 2.24) is 0 Å². The quantitative estimate of drug-likeness (QED) is 0.664. The minimum Gasteiger partial charge on any atom is -0.363 e. The molecule has 16 heavy (non-hydrogen) atoms. The number of epoxide rings is 1. The number of hydrogen-bond donors (Lipinski definition) is 0. The molecule has 3 rings (SSSR count). The van der Waals surface area contributed by atoms with E-state index in [0.717, 1.165) is 5.56 Å². The second kappa shape index (κ2) is 3.00. The van der Waals surface area contributed by atoms with Crippen molar-refractivity contribution in [1.29, 1.82) is 0 Å². The number of ether oxygens (including phenoxy) is 1. The molecule has 0 amide bonds. The first-order valence-corrected chi connectivity index (χ1v) is 5.87. The van der Waals surface area contributed by atoms with Gasteiger partial charge in [0.15, 0.2) is 5.78 Å². The number of halogens is 2. The predicted molar refractivity (Wildman–Crippen MR) is 62.2 cm³/mol. The Morgan fingerprint density at radius 1 is 1.25 bits per heavy atom. The van der Waals surface area contributed by atoms with E-state index in [0.29, 0.717) is 15.6 Å².